The molecule has 1 saturated heterocycles. The van der Waals surface area contributed by atoms with E-state index in [4.69, 9.17) is 4.74 Å². The monoisotopic (exact) mass is 597 g/mol. The molecule has 3 atom stereocenters. The molecule has 0 spiro atoms. The minimum atomic E-state index is -0.620. The number of rotatable bonds is 10. The third kappa shape index (κ3) is 9.88. The van der Waals surface area contributed by atoms with Crippen LogP contribution in [0.4, 0.5) is 0 Å². The minimum Gasteiger partial charge on any atom is -0.383 e. The van der Waals surface area contributed by atoms with Gasteiger partial charge in [-0.05, 0) is 89.0 Å². The molecule has 5 rings (SSSR count). The Labute approximate surface area is 257 Å². The van der Waals surface area contributed by atoms with Crippen molar-refractivity contribution in [1.29, 1.82) is 0 Å². The molecule has 203 valence electrons. The smallest absolute Gasteiger partial charge is 0.383 e. The molecule has 3 fully saturated rings. The first-order valence-corrected chi connectivity index (χ1v) is 15.7. The summed E-state index contributed by atoms with van der Waals surface area (Å²) in [6, 6.07) is 22.7. The summed E-state index contributed by atoms with van der Waals surface area (Å²) in [5.74, 6) is 1.42. The maximum atomic E-state index is 5.51. The maximum absolute atomic E-state index is 5.51. The molecule has 0 bridgehead atoms. The summed E-state index contributed by atoms with van der Waals surface area (Å²) in [5.41, 5.74) is 5.40. The van der Waals surface area contributed by atoms with Gasteiger partial charge in [0.05, 0.1) is 6.61 Å². The van der Waals surface area contributed by atoms with Crippen LogP contribution in [0.15, 0.2) is 60.7 Å². The van der Waals surface area contributed by atoms with Crippen LogP contribution in [0.2, 0.25) is 0 Å². The number of hydrogen-bond acceptors (Lipinski definition) is 4. The van der Waals surface area contributed by atoms with Gasteiger partial charge in [0.15, 0.2) is 0 Å². The van der Waals surface area contributed by atoms with E-state index in [1.54, 1.807) is 7.11 Å². The van der Waals surface area contributed by atoms with Gasteiger partial charge in [-0.1, -0.05) is 67.6 Å². The first-order valence-electron chi connectivity index (χ1n) is 13.1. The molecular formula is C32H39BFeN2OPS+2. The number of ether oxygens (including phenoxy) is 1. The summed E-state index contributed by atoms with van der Waals surface area (Å²) < 4.78 is 5.51. The fourth-order valence-corrected chi connectivity index (χ4v) is 7.89. The number of nitrogens with one attached hydrogen (secondary N) is 1. The van der Waals surface area contributed by atoms with Crippen LogP contribution in [0.25, 0.3) is 0 Å². The molecule has 7 heteroatoms. The number of thioether (sulfide) groups is 1. The van der Waals surface area contributed by atoms with E-state index < -0.39 is 7.92 Å². The van der Waals surface area contributed by atoms with Crippen molar-refractivity contribution < 1.29 is 21.8 Å². The third-order valence-electron chi connectivity index (χ3n) is 6.87. The van der Waals surface area contributed by atoms with Crippen LogP contribution in [0, 0.1) is 62.9 Å². The summed E-state index contributed by atoms with van der Waals surface area (Å²) in [6.45, 7) is 4.20. The van der Waals surface area contributed by atoms with Crippen molar-refractivity contribution in [3.63, 3.8) is 0 Å². The second kappa shape index (κ2) is 19.0. The second-order valence-corrected chi connectivity index (χ2v) is 12.7. The van der Waals surface area contributed by atoms with Crippen molar-refractivity contribution in [2.24, 2.45) is 0 Å². The molecule has 3 nitrogen and oxygen atoms in total. The molecule has 0 unspecified atom stereocenters. The Morgan fingerprint density at radius 1 is 0.923 bits per heavy atom. The Balaban J connectivity index is 0.000000686. The molecular weight excluding hydrogens is 558 g/mol. The van der Waals surface area contributed by atoms with Gasteiger partial charge in [0.2, 0.25) is 0 Å². The Bertz CT molecular complexity index is 847. The fourth-order valence-electron chi connectivity index (χ4n) is 4.91. The molecule has 0 aromatic heterocycles. The molecule has 1 N–H and O–H groups in total. The van der Waals surface area contributed by atoms with Crippen LogP contribution >= 0.6 is 19.7 Å². The number of hydrazine groups is 1. The topological polar surface area (TPSA) is 24.5 Å². The van der Waals surface area contributed by atoms with Crippen molar-refractivity contribution >= 4 is 38.7 Å². The first-order chi connectivity index (χ1) is 18.2. The zero-order chi connectivity index (χ0) is 25.9. The molecule has 1 heterocycles. The zero-order valence-electron chi connectivity index (χ0n) is 23.1. The largest absolute Gasteiger partial charge is 2.00 e. The van der Waals surface area contributed by atoms with Crippen LogP contribution in [0.5, 0.6) is 0 Å². The Kier molecular flexibility index (Phi) is 17.0. The summed E-state index contributed by atoms with van der Waals surface area (Å²) in [7, 11) is 1.19. The van der Waals surface area contributed by atoms with Crippen LogP contribution < -0.4 is 16.0 Å². The number of hydrogen-bond donors (Lipinski definition) is 1. The van der Waals surface area contributed by atoms with E-state index in [1.807, 2.05) is 43.9 Å². The average molecular weight is 597 g/mol. The van der Waals surface area contributed by atoms with E-state index in [0.717, 1.165) is 13.2 Å². The molecule has 3 aliphatic rings. The van der Waals surface area contributed by atoms with Gasteiger partial charge in [-0.2, -0.15) is 11.8 Å². The molecule has 1 aliphatic heterocycles. The predicted molar refractivity (Wildman–Crippen MR) is 167 cm³/mol. The quantitative estimate of drug-likeness (QED) is 0.300. The predicted octanol–water partition coefficient (Wildman–Crippen LogP) is 5.23. The van der Waals surface area contributed by atoms with Crippen molar-refractivity contribution in [2.45, 2.75) is 37.1 Å². The van der Waals surface area contributed by atoms with Gasteiger partial charge >= 0.3 is 17.1 Å². The van der Waals surface area contributed by atoms with Crippen LogP contribution in [0.3, 0.4) is 0 Å². The fraction of sp³-hybridized carbons (Fsp3) is 0.312. The van der Waals surface area contributed by atoms with E-state index in [9.17, 15) is 0 Å². The van der Waals surface area contributed by atoms with Gasteiger partial charge in [-0.25, -0.2) is 5.01 Å². The molecule has 2 aliphatic carbocycles. The van der Waals surface area contributed by atoms with E-state index in [-0.39, 0.29) is 31.5 Å². The van der Waals surface area contributed by atoms with Gasteiger partial charge in [0, 0.05) is 51.0 Å². The maximum Gasteiger partial charge on any atom is 2.00 e. The summed E-state index contributed by atoms with van der Waals surface area (Å²) in [6.07, 6.45) is 21.5. The third-order valence-corrected chi connectivity index (χ3v) is 10.4. The molecule has 2 aromatic rings. The Morgan fingerprint density at radius 2 is 1.49 bits per heavy atom. The molecule has 0 amide bonds. The summed E-state index contributed by atoms with van der Waals surface area (Å²) in [5, 5.41) is 5.68. The Morgan fingerprint density at radius 3 is 2.00 bits per heavy atom. The van der Waals surface area contributed by atoms with Crippen LogP contribution in [-0.4, -0.2) is 57.3 Å². The normalized spacial score (nSPS) is 21.6. The van der Waals surface area contributed by atoms with E-state index in [1.165, 1.54) is 35.0 Å². The van der Waals surface area contributed by atoms with E-state index >= 15 is 0 Å². The SMILES string of the molecule is COC[C@@H]1CCCN1N[C@H]([C]1[CH][CH][CH][C]1P(c1ccccc1)c1ccccc1)[C@@H](C)SC.[B].[CH]1[CH][CH][CH][CH]1.[Fe+2]. The zero-order valence-corrected chi connectivity index (χ0v) is 25.9. The number of methoxy groups -OCH3 is 1. The van der Waals surface area contributed by atoms with Crippen molar-refractivity contribution in [3.8, 4) is 0 Å². The van der Waals surface area contributed by atoms with Crippen molar-refractivity contribution in [1.82, 2.24) is 10.4 Å². The molecule has 2 aromatic carbocycles. The van der Waals surface area contributed by atoms with Crippen LogP contribution in [0.1, 0.15) is 19.8 Å². The van der Waals surface area contributed by atoms with Gasteiger partial charge in [0.25, 0.3) is 0 Å². The standard InChI is InChI=1S/C27H34N2OPS.C5H5.B.Fe/c1-21(32-3)27(28-29-19-11-12-22(29)20-30-2)25-17-10-18-26(25)31(23-13-6-4-7-14-23)24-15-8-5-9-16-24;1-2-4-5-3-1;;/h4-10,13-18,21-22,27-28H,11-12,19-20H2,1-3H3;1-5H;;/q;;;+2/t21-,22+,27+;;;/m1.../s1. The second-order valence-electron chi connectivity index (χ2n) is 9.33. The molecule has 13 radical (unpaired) electrons. The van der Waals surface area contributed by atoms with Gasteiger partial charge < -0.3 is 4.74 Å². The number of nitrogens with zero attached hydrogens (tertiary/aromatic N) is 1. The number of benzene rings is 2. The van der Waals surface area contributed by atoms with Gasteiger partial charge in [0.1, 0.15) is 0 Å². The van der Waals surface area contributed by atoms with Gasteiger partial charge in [-0.3, -0.25) is 5.43 Å². The van der Waals surface area contributed by atoms with E-state index in [2.05, 4.69) is 104 Å². The molecule has 39 heavy (non-hydrogen) atoms. The Hall–Kier alpha value is -0.316. The minimum absolute atomic E-state index is 0. The molecule has 2 saturated carbocycles. The van der Waals surface area contributed by atoms with Crippen LogP contribution in [-0.2, 0) is 21.8 Å². The van der Waals surface area contributed by atoms with Crippen molar-refractivity contribution in [2.75, 3.05) is 26.5 Å². The summed E-state index contributed by atoms with van der Waals surface area (Å²) >= 11 is 1.93. The van der Waals surface area contributed by atoms with E-state index in [0.29, 0.717) is 11.3 Å². The average Bonchev–Trinajstić information content (AvgIpc) is 3.74. The summed E-state index contributed by atoms with van der Waals surface area (Å²) in [4.78, 5) is 0. The van der Waals surface area contributed by atoms with Crippen molar-refractivity contribution in [3.05, 3.63) is 124 Å². The first kappa shape index (κ1) is 34.9. The van der Waals surface area contributed by atoms with Gasteiger partial charge in [-0.15, -0.1) is 0 Å².